The van der Waals surface area contributed by atoms with Crippen molar-refractivity contribution in [3.8, 4) is 0 Å². The minimum absolute atomic E-state index is 0.147. The number of hydrogen-bond acceptors (Lipinski definition) is 4. The number of rotatable bonds is 7. The van der Waals surface area contributed by atoms with Crippen molar-refractivity contribution < 1.29 is 13.2 Å². The van der Waals surface area contributed by atoms with E-state index in [1.807, 2.05) is 20.8 Å². The summed E-state index contributed by atoms with van der Waals surface area (Å²) < 4.78 is 32.8. The average Bonchev–Trinajstić information content (AvgIpc) is 2.64. The number of H-pyrrole nitrogens is 1. The molecule has 0 spiro atoms. The van der Waals surface area contributed by atoms with Crippen LogP contribution in [0.15, 0.2) is 4.90 Å². The fourth-order valence-electron chi connectivity index (χ4n) is 1.80. The van der Waals surface area contributed by atoms with Gasteiger partial charge in [-0.05, 0) is 26.7 Å². The zero-order valence-electron chi connectivity index (χ0n) is 12.1. The smallest absolute Gasteiger partial charge is 0.244 e. The van der Waals surface area contributed by atoms with Crippen molar-refractivity contribution in [3.05, 3.63) is 11.4 Å². The monoisotopic (exact) mass is 289 g/mol. The molecular weight excluding hydrogens is 266 g/mol. The van der Waals surface area contributed by atoms with Gasteiger partial charge in [0.05, 0.1) is 18.0 Å². The van der Waals surface area contributed by atoms with Crippen molar-refractivity contribution in [3.63, 3.8) is 0 Å². The summed E-state index contributed by atoms with van der Waals surface area (Å²) in [4.78, 5) is 0.231. The maximum atomic E-state index is 12.4. The number of aryl methyl sites for hydroxylation is 2. The third-order valence-electron chi connectivity index (χ3n) is 2.94. The molecule has 7 heteroatoms. The van der Waals surface area contributed by atoms with Gasteiger partial charge < -0.3 is 4.74 Å². The van der Waals surface area contributed by atoms with Crippen LogP contribution < -0.4 is 4.72 Å². The summed E-state index contributed by atoms with van der Waals surface area (Å²) >= 11 is 0. The number of hydrogen-bond donors (Lipinski definition) is 2. The SMILES string of the molecule is CCOCC(NS(=O)(=O)c1c(C)n[nH]c1C)C(C)C. The van der Waals surface area contributed by atoms with Crippen molar-refractivity contribution in [1.82, 2.24) is 14.9 Å². The predicted octanol–water partition coefficient (Wildman–Crippen LogP) is 1.37. The number of sulfonamides is 1. The lowest BCUT2D eigenvalue weighted by Crippen LogP contribution is -2.42. The van der Waals surface area contributed by atoms with E-state index in [-0.39, 0.29) is 16.9 Å². The first-order chi connectivity index (χ1) is 8.79. The summed E-state index contributed by atoms with van der Waals surface area (Å²) in [5, 5.41) is 6.61. The van der Waals surface area contributed by atoms with E-state index in [1.165, 1.54) is 0 Å². The van der Waals surface area contributed by atoms with Gasteiger partial charge in [-0.1, -0.05) is 13.8 Å². The molecular formula is C12H23N3O3S. The average molecular weight is 289 g/mol. The summed E-state index contributed by atoms with van der Waals surface area (Å²) in [6, 6.07) is -0.251. The van der Waals surface area contributed by atoms with E-state index in [0.717, 1.165) is 0 Å². The lowest BCUT2D eigenvalue weighted by molar-refractivity contribution is 0.116. The molecule has 0 aliphatic heterocycles. The fourth-order valence-corrected chi connectivity index (χ4v) is 3.54. The van der Waals surface area contributed by atoms with Crippen LogP contribution in [0, 0.1) is 19.8 Å². The summed E-state index contributed by atoms with van der Waals surface area (Å²) in [6.45, 7) is 10.1. The Morgan fingerprint density at radius 3 is 2.42 bits per heavy atom. The minimum Gasteiger partial charge on any atom is -0.380 e. The molecule has 1 atom stereocenters. The molecule has 2 N–H and O–H groups in total. The van der Waals surface area contributed by atoms with Gasteiger partial charge in [-0.2, -0.15) is 5.10 Å². The van der Waals surface area contributed by atoms with Crippen LogP contribution in [0.25, 0.3) is 0 Å². The van der Waals surface area contributed by atoms with Crippen molar-refractivity contribution in [2.24, 2.45) is 5.92 Å². The summed E-state index contributed by atoms with van der Waals surface area (Å²) in [5.74, 6) is 0.147. The molecule has 0 saturated heterocycles. The van der Waals surface area contributed by atoms with E-state index in [4.69, 9.17) is 4.74 Å². The molecule has 19 heavy (non-hydrogen) atoms. The van der Waals surface area contributed by atoms with Crippen LogP contribution in [-0.4, -0.2) is 37.9 Å². The molecule has 0 amide bonds. The van der Waals surface area contributed by atoms with Crippen LogP contribution in [0.2, 0.25) is 0 Å². The molecule has 1 unspecified atom stereocenters. The van der Waals surface area contributed by atoms with Crippen molar-refractivity contribution >= 4 is 10.0 Å². The Balaban J connectivity index is 2.94. The molecule has 0 aromatic carbocycles. The Labute approximate surface area is 115 Å². The molecule has 1 aromatic rings. The van der Waals surface area contributed by atoms with E-state index >= 15 is 0 Å². The van der Waals surface area contributed by atoms with Gasteiger partial charge in [-0.25, -0.2) is 13.1 Å². The first-order valence-electron chi connectivity index (χ1n) is 6.41. The van der Waals surface area contributed by atoms with Crippen molar-refractivity contribution in [2.75, 3.05) is 13.2 Å². The lowest BCUT2D eigenvalue weighted by Gasteiger charge is -2.22. The molecule has 0 saturated carbocycles. The first kappa shape index (κ1) is 16.1. The van der Waals surface area contributed by atoms with Crippen LogP contribution in [0.3, 0.4) is 0 Å². The summed E-state index contributed by atoms with van der Waals surface area (Å²) in [7, 11) is -3.58. The van der Waals surface area contributed by atoms with E-state index < -0.39 is 10.0 Å². The van der Waals surface area contributed by atoms with Gasteiger partial charge in [0.15, 0.2) is 0 Å². The van der Waals surface area contributed by atoms with Gasteiger partial charge in [-0.15, -0.1) is 0 Å². The second kappa shape index (κ2) is 6.49. The second-order valence-electron chi connectivity index (χ2n) is 4.89. The Morgan fingerprint density at radius 2 is 2.00 bits per heavy atom. The zero-order chi connectivity index (χ0) is 14.6. The number of nitrogens with zero attached hydrogens (tertiary/aromatic N) is 1. The molecule has 1 rings (SSSR count). The Hall–Kier alpha value is -0.920. The third kappa shape index (κ3) is 4.02. The van der Waals surface area contributed by atoms with E-state index in [1.54, 1.807) is 13.8 Å². The topological polar surface area (TPSA) is 84.1 Å². The maximum absolute atomic E-state index is 12.4. The zero-order valence-corrected chi connectivity index (χ0v) is 13.0. The van der Waals surface area contributed by atoms with E-state index in [9.17, 15) is 8.42 Å². The fraction of sp³-hybridized carbons (Fsp3) is 0.750. The van der Waals surface area contributed by atoms with Crippen molar-refractivity contribution in [1.29, 1.82) is 0 Å². The minimum atomic E-state index is -3.58. The van der Waals surface area contributed by atoms with Crippen LogP contribution in [0.5, 0.6) is 0 Å². The lowest BCUT2D eigenvalue weighted by atomic mass is 10.1. The number of aromatic amines is 1. The quantitative estimate of drug-likeness (QED) is 0.794. The van der Waals surface area contributed by atoms with E-state index in [2.05, 4.69) is 14.9 Å². The molecule has 0 aliphatic carbocycles. The normalized spacial score (nSPS) is 14.0. The van der Waals surface area contributed by atoms with Gasteiger partial charge in [0.25, 0.3) is 0 Å². The van der Waals surface area contributed by atoms with Crippen LogP contribution in [0.1, 0.15) is 32.2 Å². The summed E-state index contributed by atoms with van der Waals surface area (Å²) in [6.07, 6.45) is 0. The molecule has 1 aromatic heterocycles. The maximum Gasteiger partial charge on any atom is 0.244 e. The molecule has 0 bridgehead atoms. The van der Waals surface area contributed by atoms with Gasteiger partial charge in [0.1, 0.15) is 4.90 Å². The van der Waals surface area contributed by atoms with Crippen molar-refractivity contribution in [2.45, 2.75) is 45.6 Å². The van der Waals surface area contributed by atoms with Crippen LogP contribution in [-0.2, 0) is 14.8 Å². The number of aromatic nitrogens is 2. The summed E-state index contributed by atoms with van der Waals surface area (Å²) in [5.41, 5.74) is 1.02. The highest BCUT2D eigenvalue weighted by molar-refractivity contribution is 7.89. The molecule has 1 heterocycles. The molecule has 0 radical (unpaired) electrons. The van der Waals surface area contributed by atoms with E-state index in [0.29, 0.717) is 24.6 Å². The third-order valence-corrected chi connectivity index (χ3v) is 4.69. The van der Waals surface area contributed by atoms with Gasteiger partial charge in [0, 0.05) is 12.6 Å². The Bertz CT molecular complexity index is 489. The molecule has 0 fully saturated rings. The highest BCUT2D eigenvalue weighted by Gasteiger charge is 2.27. The largest absolute Gasteiger partial charge is 0.380 e. The van der Waals surface area contributed by atoms with Crippen LogP contribution >= 0.6 is 0 Å². The highest BCUT2D eigenvalue weighted by atomic mass is 32.2. The first-order valence-corrected chi connectivity index (χ1v) is 7.89. The second-order valence-corrected chi connectivity index (χ2v) is 6.55. The number of ether oxygens (including phenoxy) is 1. The predicted molar refractivity (Wildman–Crippen MR) is 73.5 cm³/mol. The molecule has 6 nitrogen and oxygen atoms in total. The number of nitrogens with one attached hydrogen (secondary N) is 2. The van der Waals surface area contributed by atoms with Gasteiger partial charge >= 0.3 is 0 Å². The molecule has 110 valence electrons. The standard InChI is InChI=1S/C12H23N3O3S/c1-6-18-7-11(8(2)3)15-19(16,17)12-9(4)13-14-10(12)5/h8,11,15H,6-7H2,1-5H3,(H,13,14). The van der Waals surface area contributed by atoms with Crippen LogP contribution in [0.4, 0.5) is 0 Å². The van der Waals surface area contributed by atoms with Gasteiger partial charge in [-0.3, -0.25) is 5.10 Å². The van der Waals surface area contributed by atoms with Gasteiger partial charge in [0.2, 0.25) is 10.0 Å². The Morgan fingerprint density at radius 1 is 1.37 bits per heavy atom. The Kier molecular flexibility index (Phi) is 5.51. The molecule has 0 aliphatic rings. The highest BCUT2D eigenvalue weighted by Crippen LogP contribution is 2.18.